The summed E-state index contributed by atoms with van der Waals surface area (Å²) in [5.74, 6) is 0.255. The topological polar surface area (TPSA) is 57.8 Å². The molecule has 1 aliphatic rings. The smallest absolute Gasteiger partial charge is 0.273 e. The van der Waals surface area contributed by atoms with E-state index in [1.54, 1.807) is 0 Å². The summed E-state index contributed by atoms with van der Waals surface area (Å²) in [4.78, 5) is 12.3. The van der Waals surface area contributed by atoms with E-state index < -0.39 is 0 Å². The number of hydrogen-bond acceptors (Lipinski definition) is 2. The molecular weight excluding hydrogens is 318 g/mol. The second-order valence-electron chi connectivity index (χ2n) is 5.97. The van der Waals surface area contributed by atoms with Crippen molar-refractivity contribution in [1.29, 1.82) is 0 Å². The molecule has 0 saturated heterocycles. The van der Waals surface area contributed by atoms with E-state index in [0.717, 1.165) is 23.0 Å². The highest BCUT2D eigenvalue weighted by Gasteiger charge is 2.21. The van der Waals surface area contributed by atoms with Gasteiger partial charge < -0.3 is 5.32 Å². The third kappa shape index (κ3) is 3.84. The molecule has 1 aromatic rings. The third-order valence-corrected chi connectivity index (χ3v) is 4.77. The molecule has 20 heavy (non-hydrogen) atoms. The summed E-state index contributed by atoms with van der Waals surface area (Å²) in [7, 11) is 0. The van der Waals surface area contributed by atoms with Gasteiger partial charge in [-0.25, -0.2) is 0 Å². The highest BCUT2D eigenvalue weighted by Crippen LogP contribution is 2.26. The van der Waals surface area contributed by atoms with Crippen LogP contribution >= 0.6 is 15.9 Å². The van der Waals surface area contributed by atoms with Crippen molar-refractivity contribution in [3.8, 4) is 0 Å². The summed E-state index contributed by atoms with van der Waals surface area (Å²) in [6.45, 7) is 4.16. The van der Waals surface area contributed by atoms with Crippen LogP contribution in [0.5, 0.6) is 0 Å². The van der Waals surface area contributed by atoms with Crippen LogP contribution in [0.2, 0.25) is 0 Å². The van der Waals surface area contributed by atoms with Gasteiger partial charge in [0, 0.05) is 6.04 Å². The van der Waals surface area contributed by atoms with Crippen molar-refractivity contribution in [3.63, 3.8) is 0 Å². The first-order chi connectivity index (χ1) is 9.59. The molecule has 4 nitrogen and oxygen atoms in total. The average molecular weight is 342 g/mol. The number of rotatable bonds is 3. The van der Waals surface area contributed by atoms with Gasteiger partial charge in [0.15, 0.2) is 5.69 Å². The molecule has 1 amide bonds. The van der Waals surface area contributed by atoms with Gasteiger partial charge in [-0.05, 0) is 34.7 Å². The monoisotopic (exact) mass is 341 g/mol. The number of nitrogens with one attached hydrogen (secondary N) is 2. The van der Waals surface area contributed by atoms with Crippen LogP contribution in [0.1, 0.15) is 80.9 Å². The molecule has 0 atom stereocenters. The summed E-state index contributed by atoms with van der Waals surface area (Å²) in [6.07, 6.45) is 8.51. The Morgan fingerprint density at radius 2 is 1.85 bits per heavy atom. The first kappa shape index (κ1) is 15.5. The number of halogens is 1. The lowest BCUT2D eigenvalue weighted by Gasteiger charge is -2.20. The maximum Gasteiger partial charge on any atom is 0.273 e. The molecule has 5 heteroatoms. The van der Waals surface area contributed by atoms with E-state index in [-0.39, 0.29) is 5.91 Å². The van der Waals surface area contributed by atoms with Gasteiger partial charge >= 0.3 is 0 Å². The lowest BCUT2D eigenvalue weighted by molar-refractivity contribution is 0.0924. The van der Waals surface area contributed by atoms with Gasteiger partial charge in [0.25, 0.3) is 5.91 Å². The van der Waals surface area contributed by atoms with Gasteiger partial charge in [0.1, 0.15) is 0 Å². The Morgan fingerprint density at radius 1 is 1.25 bits per heavy atom. The molecule has 0 spiro atoms. The summed E-state index contributed by atoms with van der Waals surface area (Å²) in [5, 5.41) is 10.3. The second kappa shape index (κ2) is 7.25. The molecule has 2 N–H and O–H groups in total. The van der Waals surface area contributed by atoms with Gasteiger partial charge in [-0.15, -0.1) is 0 Å². The van der Waals surface area contributed by atoms with E-state index in [9.17, 15) is 4.79 Å². The molecule has 2 rings (SSSR count). The van der Waals surface area contributed by atoms with Crippen LogP contribution in [0.15, 0.2) is 4.47 Å². The van der Waals surface area contributed by atoms with Crippen LogP contribution in [-0.2, 0) is 0 Å². The van der Waals surface area contributed by atoms with Crippen LogP contribution in [0.25, 0.3) is 0 Å². The number of amides is 1. The molecule has 1 saturated carbocycles. The summed E-state index contributed by atoms with van der Waals surface area (Å²) in [5.41, 5.74) is 1.46. The molecule has 1 heterocycles. The quantitative estimate of drug-likeness (QED) is 0.867. The van der Waals surface area contributed by atoms with E-state index >= 15 is 0 Å². The molecule has 1 aromatic heterocycles. The minimum atomic E-state index is -0.0643. The number of nitrogens with zero attached hydrogens (tertiary/aromatic N) is 1. The van der Waals surface area contributed by atoms with E-state index in [4.69, 9.17) is 0 Å². The molecule has 0 aromatic carbocycles. The molecule has 1 aliphatic carbocycles. The molecule has 0 unspecified atom stereocenters. The highest BCUT2D eigenvalue weighted by atomic mass is 79.9. The molecule has 0 aliphatic heterocycles. The van der Waals surface area contributed by atoms with Crippen LogP contribution in [0.3, 0.4) is 0 Å². The predicted octanol–water partition coefficient (Wildman–Crippen LogP) is 4.14. The van der Waals surface area contributed by atoms with Crippen LogP contribution < -0.4 is 5.32 Å². The zero-order valence-electron chi connectivity index (χ0n) is 12.3. The fraction of sp³-hybridized carbons (Fsp3) is 0.733. The Bertz CT molecular complexity index is 448. The Labute approximate surface area is 129 Å². The van der Waals surface area contributed by atoms with Crippen LogP contribution in [0.4, 0.5) is 0 Å². The van der Waals surface area contributed by atoms with Gasteiger partial charge in [-0.3, -0.25) is 9.89 Å². The Morgan fingerprint density at radius 3 is 2.40 bits per heavy atom. The number of hydrogen-bond donors (Lipinski definition) is 2. The van der Waals surface area contributed by atoms with Crippen LogP contribution in [0, 0.1) is 0 Å². The number of H-pyrrole nitrogens is 1. The average Bonchev–Trinajstić information content (AvgIpc) is 2.74. The van der Waals surface area contributed by atoms with Crippen molar-refractivity contribution in [2.45, 2.75) is 70.8 Å². The minimum Gasteiger partial charge on any atom is -0.348 e. The van der Waals surface area contributed by atoms with Crippen molar-refractivity contribution in [2.24, 2.45) is 0 Å². The first-order valence-electron chi connectivity index (χ1n) is 7.64. The summed E-state index contributed by atoms with van der Waals surface area (Å²) in [6, 6.07) is 0.300. The van der Waals surface area contributed by atoms with Crippen molar-refractivity contribution in [1.82, 2.24) is 15.5 Å². The fourth-order valence-electron chi connectivity index (χ4n) is 2.73. The highest BCUT2D eigenvalue weighted by molar-refractivity contribution is 9.10. The molecular formula is C15H24BrN3O. The standard InChI is InChI=1S/C15H24BrN3O/c1-10(2)13-12(16)14(19-18-13)15(20)17-11-8-6-4-3-5-7-9-11/h10-11H,3-9H2,1-2H3,(H,17,20)(H,18,19). The largest absolute Gasteiger partial charge is 0.348 e. The van der Waals surface area contributed by atoms with E-state index in [1.807, 2.05) is 0 Å². The minimum absolute atomic E-state index is 0.0643. The second-order valence-corrected chi connectivity index (χ2v) is 6.76. The van der Waals surface area contributed by atoms with Crippen molar-refractivity contribution in [2.75, 3.05) is 0 Å². The maximum absolute atomic E-state index is 12.3. The van der Waals surface area contributed by atoms with Crippen LogP contribution in [-0.4, -0.2) is 22.1 Å². The zero-order valence-corrected chi connectivity index (χ0v) is 13.9. The lowest BCUT2D eigenvalue weighted by atomic mass is 9.96. The normalized spacial score (nSPS) is 17.8. The van der Waals surface area contributed by atoms with E-state index in [2.05, 4.69) is 45.3 Å². The van der Waals surface area contributed by atoms with E-state index in [0.29, 0.717) is 17.7 Å². The van der Waals surface area contributed by atoms with Gasteiger partial charge in [0.05, 0.1) is 10.2 Å². The maximum atomic E-state index is 12.3. The lowest BCUT2D eigenvalue weighted by Crippen LogP contribution is -2.35. The Kier molecular flexibility index (Phi) is 5.64. The Hall–Kier alpha value is -0.840. The van der Waals surface area contributed by atoms with Gasteiger partial charge in [-0.2, -0.15) is 5.10 Å². The molecule has 0 bridgehead atoms. The number of aromatic amines is 1. The fourth-order valence-corrected chi connectivity index (χ4v) is 3.54. The first-order valence-corrected chi connectivity index (χ1v) is 8.43. The Balaban J connectivity index is 2.00. The van der Waals surface area contributed by atoms with Crippen molar-refractivity contribution >= 4 is 21.8 Å². The summed E-state index contributed by atoms with van der Waals surface area (Å²) < 4.78 is 0.802. The predicted molar refractivity (Wildman–Crippen MR) is 83.9 cm³/mol. The third-order valence-electron chi connectivity index (χ3n) is 3.97. The molecule has 112 valence electrons. The number of aromatic nitrogens is 2. The molecule has 1 fully saturated rings. The number of carbonyl (C=O) groups excluding carboxylic acids is 1. The molecule has 0 radical (unpaired) electrons. The zero-order chi connectivity index (χ0) is 14.5. The van der Waals surface area contributed by atoms with Crippen molar-refractivity contribution in [3.05, 3.63) is 15.9 Å². The van der Waals surface area contributed by atoms with Gasteiger partial charge in [-0.1, -0.05) is 46.0 Å². The SMILES string of the molecule is CC(C)c1[nH]nc(C(=O)NC2CCCCCCC2)c1Br. The van der Waals surface area contributed by atoms with E-state index in [1.165, 1.54) is 32.1 Å². The van der Waals surface area contributed by atoms with Gasteiger partial charge in [0.2, 0.25) is 0 Å². The number of carbonyl (C=O) groups is 1. The van der Waals surface area contributed by atoms with Crippen molar-refractivity contribution < 1.29 is 4.79 Å². The summed E-state index contributed by atoms with van der Waals surface area (Å²) >= 11 is 3.49.